The van der Waals surface area contributed by atoms with Crippen molar-refractivity contribution < 1.29 is 13.2 Å². The second kappa shape index (κ2) is 6.48. The standard InChI is InChI=1S/C13H15F3N4S/c1-3-9(17-4-2)11-19-20-12(21-11)10-6-5-8(7-18-10)13(14,15)16/h5-7,9,17H,3-4H2,1-2H3. The van der Waals surface area contributed by atoms with Crippen LogP contribution in [0.4, 0.5) is 13.2 Å². The Hall–Kier alpha value is -1.54. The van der Waals surface area contributed by atoms with E-state index in [4.69, 9.17) is 0 Å². The average molecular weight is 316 g/mol. The van der Waals surface area contributed by atoms with Crippen LogP contribution >= 0.6 is 11.3 Å². The minimum absolute atomic E-state index is 0.107. The molecule has 1 atom stereocenters. The van der Waals surface area contributed by atoms with Gasteiger partial charge in [-0.25, -0.2) is 0 Å². The molecule has 0 spiro atoms. The smallest absolute Gasteiger partial charge is 0.308 e. The third-order valence-electron chi connectivity index (χ3n) is 2.91. The van der Waals surface area contributed by atoms with Crippen molar-refractivity contribution >= 4 is 11.3 Å². The van der Waals surface area contributed by atoms with E-state index in [-0.39, 0.29) is 6.04 Å². The van der Waals surface area contributed by atoms with Crippen molar-refractivity contribution in [1.82, 2.24) is 20.5 Å². The maximum absolute atomic E-state index is 12.5. The normalized spacial score (nSPS) is 13.4. The largest absolute Gasteiger partial charge is 0.417 e. The topological polar surface area (TPSA) is 50.7 Å². The molecule has 8 heteroatoms. The molecular weight excluding hydrogens is 301 g/mol. The maximum Gasteiger partial charge on any atom is 0.417 e. The molecule has 0 aromatic carbocycles. The zero-order valence-corrected chi connectivity index (χ0v) is 12.4. The van der Waals surface area contributed by atoms with E-state index in [1.165, 1.54) is 17.4 Å². The van der Waals surface area contributed by atoms with E-state index < -0.39 is 11.7 Å². The molecule has 0 fully saturated rings. The van der Waals surface area contributed by atoms with Crippen molar-refractivity contribution in [3.05, 3.63) is 28.9 Å². The number of nitrogens with zero attached hydrogens (tertiary/aromatic N) is 3. The van der Waals surface area contributed by atoms with Crippen LogP contribution in [0.5, 0.6) is 0 Å². The van der Waals surface area contributed by atoms with Gasteiger partial charge in [0.25, 0.3) is 0 Å². The molecule has 1 unspecified atom stereocenters. The van der Waals surface area contributed by atoms with E-state index >= 15 is 0 Å². The van der Waals surface area contributed by atoms with Gasteiger partial charge in [-0.1, -0.05) is 25.2 Å². The first-order valence-corrected chi connectivity index (χ1v) is 7.37. The molecule has 0 bridgehead atoms. The number of hydrogen-bond acceptors (Lipinski definition) is 5. The average Bonchev–Trinajstić information content (AvgIpc) is 2.93. The third-order valence-corrected chi connectivity index (χ3v) is 3.97. The number of hydrogen-bond donors (Lipinski definition) is 1. The van der Waals surface area contributed by atoms with Crippen LogP contribution in [0.1, 0.15) is 36.9 Å². The van der Waals surface area contributed by atoms with Gasteiger partial charge in [0.15, 0.2) is 5.01 Å². The van der Waals surface area contributed by atoms with Gasteiger partial charge >= 0.3 is 6.18 Å². The number of rotatable bonds is 5. The van der Waals surface area contributed by atoms with E-state index in [0.29, 0.717) is 10.7 Å². The molecule has 21 heavy (non-hydrogen) atoms. The van der Waals surface area contributed by atoms with Crippen molar-refractivity contribution in [3.8, 4) is 10.7 Å². The predicted octanol–water partition coefficient (Wildman–Crippen LogP) is 3.68. The molecule has 4 nitrogen and oxygen atoms in total. The summed E-state index contributed by atoms with van der Waals surface area (Å²) in [5, 5.41) is 12.7. The van der Waals surface area contributed by atoms with Gasteiger partial charge in [0, 0.05) is 6.20 Å². The molecule has 1 N–H and O–H groups in total. The molecule has 2 rings (SSSR count). The number of nitrogens with one attached hydrogen (secondary N) is 1. The molecule has 2 aromatic heterocycles. The van der Waals surface area contributed by atoms with Gasteiger partial charge in [0.1, 0.15) is 10.7 Å². The molecular formula is C13H15F3N4S. The monoisotopic (exact) mass is 316 g/mol. The van der Waals surface area contributed by atoms with Gasteiger partial charge in [-0.2, -0.15) is 13.2 Å². The summed E-state index contributed by atoms with van der Waals surface area (Å²) in [6.07, 6.45) is -2.70. The van der Waals surface area contributed by atoms with Gasteiger partial charge in [-0.15, -0.1) is 10.2 Å². The Kier molecular flexibility index (Phi) is 4.89. The van der Waals surface area contributed by atoms with Crippen molar-refractivity contribution in [3.63, 3.8) is 0 Å². The van der Waals surface area contributed by atoms with E-state index in [1.54, 1.807) is 0 Å². The summed E-state index contributed by atoms with van der Waals surface area (Å²) in [5.41, 5.74) is -0.367. The van der Waals surface area contributed by atoms with E-state index in [0.717, 1.165) is 30.2 Å². The van der Waals surface area contributed by atoms with Crippen LogP contribution in [0.25, 0.3) is 10.7 Å². The van der Waals surface area contributed by atoms with Crippen molar-refractivity contribution in [2.24, 2.45) is 0 Å². The summed E-state index contributed by atoms with van der Waals surface area (Å²) in [6, 6.07) is 2.43. The Morgan fingerprint density at radius 2 is 2.00 bits per heavy atom. The molecule has 0 amide bonds. The summed E-state index contributed by atoms with van der Waals surface area (Å²) in [7, 11) is 0. The summed E-state index contributed by atoms with van der Waals surface area (Å²) >= 11 is 1.34. The van der Waals surface area contributed by atoms with Crippen LogP contribution in [0.3, 0.4) is 0 Å². The molecule has 0 aliphatic rings. The highest BCUT2D eigenvalue weighted by molar-refractivity contribution is 7.14. The summed E-state index contributed by atoms with van der Waals surface area (Å²) < 4.78 is 37.5. The quantitative estimate of drug-likeness (QED) is 0.914. The second-order valence-corrected chi connectivity index (χ2v) is 5.40. The van der Waals surface area contributed by atoms with E-state index in [1.807, 2.05) is 13.8 Å². The summed E-state index contributed by atoms with van der Waals surface area (Å²) in [5.74, 6) is 0. The molecule has 0 saturated carbocycles. The first-order chi connectivity index (χ1) is 9.95. The minimum atomic E-state index is -4.38. The van der Waals surface area contributed by atoms with E-state index in [2.05, 4.69) is 20.5 Å². The van der Waals surface area contributed by atoms with Crippen LogP contribution in [0.15, 0.2) is 18.3 Å². The van der Waals surface area contributed by atoms with Crippen LogP contribution in [0, 0.1) is 0 Å². The van der Waals surface area contributed by atoms with Crippen LogP contribution in [0.2, 0.25) is 0 Å². The SMILES string of the molecule is CCNC(CC)c1nnc(-c2ccc(C(F)(F)F)cn2)s1. The van der Waals surface area contributed by atoms with Gasteiger partial charge in [-0.05, 0) is 25.1 Å². The highest BCUT2D eigenvalue weighted by Gasteiger charge is 2.30. The highest BCUT2D eigenvalue weighted by Crippen LogP contribution is 2.31. The number of alkyl halides is 3. The lowest BCUT2D eigenvalue weighted by molar-refractivity contribution is -0.137. The fourth-order valence-corrected chi connectivity index (χ4v) is 2.80. The number of aromatic nitrogens is 3. The Labute approximate surface area is 124 Å². The molecule has 0 radical (unpaired) electrons. The van der Waals surface area contributed by atoms with Gasteiger partial charge in [-0.3, -0.25) is 4.98 Å². The zero-order chi connectivity index (χ0) is 15.5. The molecule has 0 saturated heterocycles. The predicted molar refractivity (Wildman–Crippen MR) is 74.9 cm³/mol. The molecule has 0 aliphatic heterocycles. The second-order valence-electron chi connectivity index (χ2n) is 4.39. The van der Waals surface area contributed by atoms with Crippen LogP contribution in [-0.2, 0) is 6.18 Å². The van der Waals surface area contributed by atoms with Crippen molar-refractivity contribution in [2.45, 2.75) is 32.5 Å². The highest BCUT2D eigenvalue weighted by atomic mass is 32.1. The Bertz CT molecular complexity index is 580. The van der Waals surface area contributed by atoms with Gasteiger partial charge < -0.3 is 5.32 Å². The summed E-state index contributed by atoms with van der Waals surface area (Å²) in [6.45, 7) is 4.85. The fourth-order valence-electron chi connectivity index (χ4n) is 1.82. The van der Waals surface area contributed by atoms with Gasteiger partial charge in [0.2, 0.25) is 0 Å². The maximum atomic E-state index is 12.5. The number of pyridine rings is 1. The Morgan fingerprint density at radius 3 is 2.52 bits per heavy atom. The lowest BCUT2D eigenvalue weighted by atomic mass is 10.2. The molecule has 2 heterocycles. The minimum Gasteiger partial charge on any atom is -0.308 e. The first kappa shape index (κ1) is 15.8. The first-order valence-electron chi connectivity index (χ1n) is 6.56. The summed E-state index contributed by atoms with van der Waals surface area (Å²) in [4.78, 5) is 3.83. The van der Waals surface area contributed by atoms with Crippen molar-refractivity contribution in [2.75, 3.05) is 6.54 Å². The molecule has 2 aromatic rings. The van der Waals surface area contributed by atoms with Crippen LogP contribution < -0.4 is 5.32 Å². The van der Waals surface area contributed by atoms with Crippen molar-refractivity contribution in [1.29, 1.82) is 0 Å². The molecule has 0 aliphatic carbocycles. The third kappa shape index (κ3) is 3.76. The zero-order valence-electron chi connectivity index (χ0n) is 11.6. The lowest BCUT2D eigenvalue weighted by Gasteiger charge is -2.10. The van der Waals surface area contributed by atoms with Crippen LogP contribution in [-0.4, -0.2) is 21.7 Å². The Morgan fingerprint density at radius 1 is 1.24 bits per heavy atom. The molecule has 114 valence electrons. The lowest BCUT2D eigenvalue weighted by Crippen LogP contribution is -2.19. The van der Waals surface area contributed by atoms with E-state index in [9.17, 15) is 13.2 Å². The number of halogens is 3. The Balaban J connectivity index is 2.21. The van der Waals surface area contributed by atoms with Gasteiger partial charge in [0.05, 0.1) is 11.6 Å². The fraction of sp³-hybridized carbons (Fsp3) is 0.462.